The van der Waals surface area contributed by atoms with Crippen molar-refractivity contribution < 1.29 is 4.74 Å². The van der Waals surface area contributed by atoms with Crippen LogP contribution in [0, 0.1) is 0 Å². The summed E-state index contributed by atoms with van der Waals surface area (Å²) in [5.41, 5.74) is 3.02. The predicted octanol–water partition coefficient (Wildman–Crippen LogP) is 1.70. The third-order valence-electron chi connectivity index (χ3n) is 4.66. The average Bonchev–Trinajstić information content (AvgIpc) is 3.27. The van der Waals surface area contributed by atoms with Gasteiger partial charge in [0.1, 0.15) is 5.69 Å². The molecule has 0 radical (unpaired) electrons. The highest BCUT2D eigenvalue weighted by atomic mass is 16.5. The van der Waals surface area contributed by atoms with Gasteiger partial charge in [-0.2, -0.15) is 0 Å². The van der Waals surface area contributed by atoms with E-state index in [1.165, 1.54) is 0 Å². The monoisotopic (exact) mass is 320 g/mol. The van der Waals surface area contributed by atoms with Crippen LogP contribution in [-0.2, 0) is 11.3 Å². The quantitative estimate of drug-likeness (QED) is 0.716. The summed E-state index contributed by atoms with van der Waals surface area (Å²) in [6.45, 7) is 2.08. The van der Waals surface area contributed by atoms with Crippen LogP contribution in [0.4, 0.5) is 5.95 Å². The highest BCUT2D eigenvalue weighted by molar-refractivity contribution is 5.61. The van der Waals surface area contributed by atoms with Crippen LogP contribution in [0.3, 0.4) is 0 Å². The van der Waals surface area contributed by atoms with Crippen LogP contribution in [0.25, 0.3) is 11.3 Å². The molecular formula is C17H16N6O. The molecular weight excluding hydrogens is 304 g/mol. The van der Waals surface area contributed by atoms with Gasteiger partial charge in [-0.15, -0.1) is 5.10 Å². The Kier molecular flexibility index (Phi) is 3.05. The summed E-state index contributed by atoms with van der Waals surface area (Å²) in [4.78, 5) is 10.8. The maximum atomic E-state index is 6.10. The van der Waals surface area contributed by atoms with E-state index in [2.05, 4.69) is 37.3 Å². The van der Waals surface area contributed by atoms with E-state index < -0.39 is 0 Å². The third kappa shape index (κ3) is 2.09. The number of nitrogens with zero attached hydrogens (tertiary/aromatic N) is 6. The molecule has 0 bridgehead atoms. The predicted molar refractivity (Wildman–Crippen MR) is 87.3 cm³/mol. The number of hydrogen-bond acceptors (Lipinski definition) is 6. The Morgan fingerprint density at radius 1 is 1.00 bits per heavy atom. The third-order valence-corrected chi connectivity index (χ3v) is 4.66. The van der Waals surface area contributed by atoms with Crippen LogP contribution in [0.2, 0.25) is 0 Å². The number of ether oxygens (including phenoxy) is 1. The maximum Gasteiger partial charge on any atom is 0.225 e. The number of aromatic nitrogens is 5. The van der Waals surface area contributed by atoms with Crippen LogP contribution in [-0.4, -0.2) is 44.2 Å². The van der Waals surface area contributed by atoms with Gasteiger partial charge in [0, 0.05) is 31.0 Å². The highest BCUT2D eigenvalue weighted by Crippen LogP contribution is 2.35. The molecule has 1 fully saturated rings. The number of fused-ring (bicyclic) bond motifs is 3. The van der Waals surface area contributed by atoms with Gasteiger partial charge in [0.2, 0.25) is 5.95 Å². The van der Waals surface area contributed by atoms with Crippen molar-refractivity contribution in [3.8, 4) is 11.3 Å². The Hall–Kier alpha value is -2.80. The van der Waals surface area contributed by atoms with Crippen molar-refractivity contribution in [3.63, 3.8) is 0 Å². The van der Waals surface area contributed by atoms with Crippen molar-refractivity contribution in [1.29, 1.82) is 0 Å². The second kappa shape index (κ2) is 5.38. The summed E-state index contributed by atoms with van der Waals surface area (Å²) in [7, 11) is 0. The number of anilines is 1. The van der Waals surface area contributed by atoms with E-state index >= 15 is 0 Å². The molecule has 5 rings (SSSR count). The molecule has 120 valence electrons. The molecule has 24 heavy (non-hydrogen) atoms. The molecule has 2 aliphatic heterocycles. The van der Waals surface area contributed by atoms with Crippen LogP contribution in [0.15, 0.2) is 48.8 Å². The van der Waals surface area contributed by atoms with Crippen molar-refractivity contribution >= 4 is 5.95 Å². The Balaban J connectivity index is 1.48. The summed E-state index contributed by atoms with van der Waals surface area (Å²) >= 11 is 0. The number of rotatable bonds is 2. The molecule has 0 aliphatic carbocycles. The minimum atomic E-state index is 0.0895. The van der Waals surface area contributed by atoms with Crippen LogP contribution in [0.1, 0.15) is 11.7 Å². The van der Waals surface area contributed by atoms with Gasteiger partial charge in [-0.25, -0.2) is 14.6 Å². The van der Waals surface area contributed by atoms with Gasteiger partial charge in [0.05, 0.1) is 24.4 Å². The SMILES string of the molecule is c1ccc(-c2nnn3c2CO[C@@H]2CN(c4ncccn4)C[C@H]23)cc1. The molecule has 7 heteroatoms. The summed E-state index contributed by atoms with van der Waals surface area (Å²) in [6.07, 6.45) is 3.62. The highest BCUT2D eigenvalue weighted by Gasteiger charge is 2.41. The lowest BCUT2D eigenvalue weighted by molar-refractivity contribution is -0.00227. The Bertz CT molecular complexity index is 850. The Morgan fingerprint density at radius 2 is 1.83 bits per heavy atom. The first kappa shape index (κ1) is 13.6. The number of benzene rings is 1. The zero-order valence-electron chi connectivity index (χ0n) is 13.0. The molecule has 0 spiro atoms. The summed E-state index contributed by atoms with van der Waals surface area (Å²) < 4.78 is 8.13. The minimum Gasteiger partial charge on any atom is -0.368 e. The van der Waals surface area contributed by atoms with Crippen LogP contribution < -0.4 is 4.90 Å². The van der Waals surface area contributed by atoms with E-state index in [0.717, 1.165) is 36.0 Å². The molecule has 0 amide bonds. The molecule has 1 aromatic carbocycles. The summed E-state index contributed by atoms with van der Waals surface area (Å²) in [5.74, 6) is 0.737. The lowest BCUT2D eigenvalue weighted by Crippen LogP contribution is -2.32. The van der Waals surface area contributed by atoms with Gasteiger partial charge in [-0.1, -0.05) is 35.5 Å². The van der Waals surface area contributed by atoms with Crippen molar-refractivity contribution in [2.75, 3.05) is 18.0 Å². The molecule has 4 heterocycles. The van der Waals surface area contributed by atoms with Crippen LogP contribution >= 0.6 is 0 Å². The first-order valence-corrected chi connectivity index (χ1v) is 8.03. The second-order valence-corrected chi connectivity index (χ2v) is 6.07. The van der Waals surface area contributed by atoms with Crippen LogP contribution in [0.5, 0.6) is 0 Å². The molecule has 1 saturated heterocycles. The fourth-order valence-electron chi connectivity index (χ4n) is 3.49. The minimum absolute atomic E-state index is 0.0895. The zero-order chi connectivity index (χ0) is 15.9. The van der Waals surface area contributed by atoms with E-state index in [4.69, 9.17) is 4.74 Å². The van der Waals surface area contributed by atoms with Gasteiger partial charge < -0.3 is 9.64 Å². The van der Waals surface area contributed by atoms with E-state index in [9.17, 15) is 0 Å². The summed E-state index contributed by atoms with van der Waals surface area (Å²) in [6, 6.07) is 12.1. The molecule has 0 unspecified atom stereocenters. The van der Waals surface area contributed by atoms with Crippen molar-refractivity contribution in [2.45, 2.75) is 18.8 Å². The molecule has 2 aliphatic rings. The normalized spacial score (nSPS) is 22.2. The van der Waals surface area contributed by atoms with Crippen molar-refractivity contribution in [3.05, 3.63) is 54.5 Å². The van der Waals surface area contributed by atoms with Gasteiger partial charge in [0.15, 0.2) is 0 Å². The largest absolute Gasteiger partial charge is 0.368 e. The van der Waals surface area contributed by atoms with Gasteiger partial charge in [-0.3, -0.25) is 0 Å². The zero-order valence-corrected chi connectivity index (χ0v) is 13.0. The first-order chi connectivity index (χ1) is 11.9. The standard InChI is InChI=1S/C17H16N6O/c1-2-5-12(6-3-1)16-14-11-24-15-10-22(17-18-7-4-8-19-17)9-13(15)23(14)21-20-16/h1-8,13,15H,9-11H2/t13-,15-/m1/s1. The van der Waals surface area contributed by atoms with E-state index in [1.807, 2.05) is 28.9 Å². The number of hydrogen-bond donors (Lipinski definition) is 0. The molecule has 3 aromatic rings. The van der Waals surface area contributed by atoms with Gasteiger partial charge in [-0.05, 0) is 6.07 Å². The van der Waals surface area contributed by atoms with E-state index in [-0.39, 0.29) is 12.1 Å². The Morgan fingerprint density at radius 3 is 2.67 bits per heavy atom. The smallest absolute Gasteiger partial charge is 0.225 e. The maximum absolute atomic E-state index is 6.10. The molecule has 2 aromatic heterocycles. The second-order valence-electron chi connectivity index (χ2n) is 6.07. The van der Waals surface area contributed by atoms with Crippen molar-refractivity contribution in [1.82, 2.24) is 25.0 Å². The van der Waals surface area contributed by atoms with Gasteiger partial charge in [0.25, 0.3) is 0 Å². The van der Waals surface area contributed by atoms with Crippen molar-refractivity contribution in [2.24, 2.45) is 0 Å². The first-order valence-electron chi connectivity index (χ1n) is 8.03. The summed E-state index contributed by atoms with van der Waals surface area (Å²) in [5, 5.41) is 8.83. The van der Waals surface area contributed by atoms with E-state index in [0.29, 0.717) is 6.61 Å². The molecule has 0 N–H and O–H groups in total. The molecule has 0 saturated carbocycles. The lowest BCUT2D eigenvalue weighted by atomic mass is 10.1. The topological polar surface area (TPSA) is 69.0 Å². The fourth-order valence-corrected chi connectivity index (χ4v) is 3.49. The lowest BCUT2D eigenvalue weighted by Gasteiger charge is -2.26. The van der Waals surface area contributed by atoms with E-state index in [1.54, 1.807) is 12.4 Å². The fraction of sp³-hybridized carbons (Fsp3) is 0.294. The Labute approximate surface area is 138 Å². The molecule has 2 atom stereocenters. The molecule has 7 nitrogen and oxygen atoms in total. The van der Waals surface area contributed by atoms with Gasteiger partial charge >= 0.3 is 0 Å². The average molecular weight is 320 g/mol.